The number of rotatable bonds is 2. The van der Waals surface area contributed by atoms with E-state index in [0.717, 1.165) is 0 Å². The van der Waals surface area contributed by atoms with Gasteiger partial charge >= 0.3 is 118 Å². The zero-order chi connectivity index (χ0) is 13.4. The van der Waals surface area contributed by atoms with Crippen LogP contribution in [0.3, 0.4) is 0 Å². The Hall–Kier alpha value is 0.124. The fourth-order valence-electron chi connectivity index (χ4n) is 3.21. The summed E-state index contributed by atoms with van der Waals surface area (Å²) in [4.78, 5) is 0. The van der Waals surface area contributed by atoms with Gasteiger partial charge in [0.05, 0.1) is 0 Å². The zero-order valence-electron chi connectivity index (χ0n) is 13.4. The van der Waals surface area contributed by atoms with Crippen molar-refractivity contribution >= 4 is 28.6 Å². The summed E-state index contributed by atoms with van der Waals surface area (Å²) in [5.41, 5.74) is 6.23. The Balaban J connectivity index is 0.00000180. The second kappa shape index (κ2) is 7.94. The summed E-state index contributed by atoms with van der Waals surface area (Å²) in [7, 11) is 0. The van der Waals surface area contributed by atoms with E-state index < -0.39 is 17.4 Å². The molecule has 20 heavy (non-hydrogen) atoms. The van der Waals surface area contributed by atoms with Crippen molar-refractivity contribution in [1.29, 1.82) is 0 Å². The van der Waals surface area contributed by atoms with Crippen molar-refractivity contribution in [2.45, 2.75) is 54.4 Å². The summed E-state index contributed by atoms with van der Waals surface area (Å²) in [6.45, 7) is 13.9. The van der Waals surface area contributed by atoms with Crippen LogP contribution in [0.15, 0.2) is 42.2 Å². The molecule has 0 unspecified atom stereocenters. The fraction of sp³-hybridized carbons (Fsp3) is 0.471. The fourth-order valence-corrected chi connectivity index (χ4v) is 8.54. The third-order valence-corrected chi connectivity index (χ3v) is 9.12. The standard InChI is InChI=1S/2C7H9.C3H6.2ClH.Ti/c2*1-6-3-4-7(2)5-6;1-3-2;;;/h2*5H,3H2,1-2H3;1-2H3;2*1H;. The minimum Gasteiger partial charge on any atom is -0.147 e. The van der Waals surface area contributed by atoms with Gasteiger partial charge in [-0.1, -0.05) is 0 Å². The summed E-state index contributed by atoms with van der Waals surface area (Å²) < 4.78 is 5.29. The molecule has 0 radical (unpaired) electrons. The van der Waals surface area contributed by atoms with E-state index >= 15 is 0 Å². The van der Waals surface area contributed by atoms with E-state index in [4.69, 9.17) is 0 Å². The van der Waals surface area contributed by atoms with Crippen LogP contribution in [0.4, 0.5) is 0 Å². The molecule has 0 bridgehead atoms. The van der Waals surface area contributed by atoms with Crippen LogP contribution in [0, 0.1) is 0 Å². The quantitative estimate of drug-likeness (QED) is 0.544. The minimum atomic E-state index is -1.35. The Bertz CT molecular complexity index is 510. The van der Waals surface area contributed by atoms with Gasteiger partial charge in [0.2, 0.25) is 0 Å². The van der Waals surface area contributed by atoms with Gasteiger partial charge in [0, 0.05) is 0 Å². The van der Waals surface area contributed by atoms with Crippen LogP contribution in [-0.2, 0) is 17.4 Å². The first-order chi connectivity index (χ1) is 8.40. The van der Waals surface area contributed by atoms with Crippen molar-refractivity contribution in [3.05, 3.63) is 42.2 Å². The van der Waals surface area contributed by atoms with Gasteiger partial charge in [-0.2, -0.15) is 0 Å². The van der Waals surface area contributed by atoms with Gasteiger partial charge < -0.3 is 0 Å². The van der Waals surface area contributed by atoms with Crippen LogP contribution in [0.2, 0.25) is 0 Å². The van der Waals surface area contributed by atoms with Crippen LogP contribution < -0.4 is 0 Å². The summed E-state index contributed by atoms with van der Waals surface area (Å²) in [6.07, 6.45) is 7.27. The van der Waals surface area contributed by atoms with Crippen LogP contribution in [0.1, 0.15) is 54.4 Å². The van der Waals surface area contributed by atoms with Gasteiger partial charge in [-0.3, -0.25) is 0 Å². The van der Waals surface area contributed by atoms with E-state index in [9.17, 15) is 0 Å². The smallest absolute Gasteiger partial charge is 0.147 e. The van der Waals surface area contributed by atoms with E-state index in [-0.39, 0.29) is 24.8 Å². The molecule has 0 atom stereocenters. The Labute approximate surface area is 142 Å². The first kappa shape index (κ1) is 20.1. The molecule has 0 aliphatic heterocycles. The van der Waals surface area contributed by atoms with Gasteiger partial charge in [0.1, 0.15) is 0 Å². The summed E-state index contributed by atoms with van der Waals surface area (Å²) >= 11 is -1.35. The number of halogens is 2. The Kier molecular flexibility index (Phi) is 7.99. The molecule has 2 aliphatic carbocycles. The molecule has 0 aromatic rings. The zero-order valence-corrected chi connectivity index (χ0v) is 16.6. The third-order valence-electron chi connectivity index (χ3n) is 3.89. The SMILES string of the molecule is CC1=CC(C)=[C]([Ti]([C]2=C(C)C=C(C)C2)=[C](C)C)C1.Cl.Cl. The Morgan fingerprint density at radius 2 is 1.15 bits per heavy atom. The molecular formula is C17H26Cl2Ti. The van der Waals surface area contributed by atoms with E-state index in [1.165, 1.54) is 12.8 Å². The molecule has 0 heterocycles. The van der Waals surface area contributed by atoms with Crippen molar-refractivity contribution in [1.82, 2.24) is 0 Å². The maximum Gasteiger partial charge on any atom is -0.147 e. The molecule has 0 spiro atoms. The van der Waals surface area contributed by atoms with Gasteiger partial charge in [0.15, 0.2) is 0 Å². The first-order valence-corrected chi connectivity index (χ1v) is 9.16. The molecule has 0 fully saturated rings. The number of hydrogen-bond acceptors (Lipinski definition) is 0. The van der Waals surface area contributed by atoms with E-state index in [1.54, 1.807) is 33.9 Å². The molecule has 2 rings (SSSR count). The predicted octanol–water partition coefficient (Wildman–Crippen LogP) is 5.91. The number of allylic oxidation sites excluding steroid dienone is 8. The molecule has 0 amide bonds. The molecule has 2 aliphatic rings. The average molecular weight is 349 g/mol. The first-order valence-electron chi connectivity index (χ1n) is 6.82. The molecule has 0 aromatic carbocycles. The monoisotopic (exact) mass is 348 g/mol. The van der Waals surface area contributed by atoms with Gasteiger partial charge in [0.25, 0.3) is 0 Å². The molecule has 0 aromatic heterocycles. The minimum absolute atomic E-state index is 0. The van der Waals surface area contributed by atoms with Crippen LogP contribution >= 0.6 is 24.8 Å². The predicted molar refractivity (Wildman–Crippen MR) is 93.0 cm³/mol. The normalized spacial score (nSPS) is 17.5. The van der Waals surface area contributed by atoms with Crippen LogP contribution in [0.25, 0.3) is 0 Å². The molecule has 0 saturated heterocycles. The molecule has 112 valence electrons. The van der Waals surface area contributed by atoms with E-state index in [1.807, 2.05) is 0 Å². The van der Waals surface area contributed by atoms with E-state index in [2.05, 4.69) is 53.7 Å². The van der Waals surface area contributed by atoms with Crippen molar-refractivity contribution in [3.63, 3.8) is 0 Å². The maximum atomic E-state index is 2.40. The second-order valence-corrected chi connectivity index (χ2v) is 10.7. The largest absolute Gasteiger partial charge is 0.147 e. The van der Waals surface area contributed by atoms with Crippen LogP contribution in [0.5, 0.6) is 0 Å². The van der Waals surface area contributed by atoms with Gasteiger partial charge in [-0.15, -0.1) is 24.8 Å². The van der Waals surface area contributed by atoms with Gasteiger partial charge in [-0.25, -0.2) is 0 Å². The Morgan fingerprint density at radius 1 is 0.800 bits per heavy atom. The van der Waals surface area contributed by atoms with Crippen molar-refractivity contribution < 1.29 is 17.4 Å². The third kappa shape index (κ3) is 4.07. The number of hydrogen-bond donors (Lipinski definition) is 0. The van der Waals surface area contributed by atoms with Crippen molar-refractivity contribution in [2.24, 2.45) is 0 Å². The molecular weight excluding hydrogens is 323 g/mol. The molecule has 0 N–H and O–H groups in total. The van der Waals surface area contributed by atoms with E-state index in [0.29, 0.717) is 0 Å². The summed E-state index contributed by atoms with van der Waals surface area (Å²) in [5, 5.41) is 0. The summed E-state index contributed by atoms with van der Waals surface area (Å²) in [5.74, 6) is 0. The van der Waals surface area contributed by atoms with Gasteiger partial charge in [-0.05, 0) is 0 Å². The molecule has 0 saturated carbocycles. The Morgan fingerprint density at radius 3 is 1.35 bits per heavy atom. The van der Waals surface area contributed by atoms with Crippen molar-refractivity contribution in [2.75, 3.05) is 0 Å². The topological polar surface area (TPSA) is 0 Å². The van der Waals surface area contributed by atoms with Crippen LogP contribution in [-0.4, -0.2) is 3.81 Å². The second-order valence-electron chi connectivity index (χ2n) is 6.03. The molecule has 3 heteroatoms. The van der Waals surface area contributed by atoms with Crippen molar-refractivity contribution in [3.8, 4) is 0 Å². The maximum absolute atomic E-state index is 2.40. The summed E-state index contributed by atoms with van der Waals surface area (Å²) in [6, 6.07) is 0. The molecule has 0 nitrogen and oxygen atoms in total. The average Bonchev–Trinajstić information content (AvgIpc) is 2.71.